The van der Waals surface area contributed by atoms with E-state index in [2.05, 4.69) is 167 Å². The van der Waals surface area contributed by atoms with Gasteiger partial charge in [-0.1, -0.05) is 109 Å². The molecular weight excluding hydrogens is 534 g/mol. The summed E-state index contributed by atoms with van der Waals surface area (Å²) < 4.78 is 4.83. The molecule has 3 nitrogen and oxygen atoms in total. The van der Waals surface area contributed by atoms with Gasteiger partial charge < -0.3 is 9.13 Å². The zero-order chi connectivity index (χ0) is 29.0. The molecule has 0 aliphatic rings. The summed E-state index contributed by atoms with van der Waals surface area (Å²) in [6, 6.07) is 58.2. The van der Waals surface area contributed by atoms with Crippen molar-refractivity contribution >= 4 is 43.6 Å². The van der Waals surface area contributed by atoms with Gasteiger partial charge in [-0.2, -0.15) is 0 Å². The van der Waals surface area contributed by atoms with Crippen molar-refractivity contribution in [3.63, 3.8) is 0 Å². The number of benzene rings is 6. The maximum absolute atomic E-state index is 5.08. The minimum Gasteiger partial charge on any atom is -0.309 e. The van der Waals surface area contributed by atoms with E-state index in [9.17, 15) is 0 Å². The van der Waals surface area contributed by atoms with Gasteiger partial charge in [-0.05, 0) is 54.6 Å². The number of hydrogen-bond donors (Lipinski definition) is 0. The van der Waals surface area contributed by atoms with E-state index >= 15 is 0 Å². The van der Waals surface area contributed by atoms with Crippen molar-refractivity contribution in [2.24, 2.45) is 0 Å². The molecule has 0 spiro atoms. The Balaban J connectivity index is 1.34. The van der Waals surface area contributed by atoms with Crippen LogP contribution in [0.1, 0.15) is 0 Å². The lowest BCUT2D eigenvalue weighted by Gasteiger charge is -2.12. The lowest BCUT2D eigenvalue weighted by atomic mass is 10.1. The average molecular weight is 562 g/mol. The molecule has 0 amide bonds. The summed E-state index contributed by atoms with van der Waals surface area (Å²) in [6.07, 6.45) is 0. The van der Waals surface area contributed by atoms with Crippen molar-refractivity contribution in [3.05, 3.63) is 164 Å². The molecule has 0 N–H and O–H groups in total. The molecule has 6 aromatic carbocycles. The first kappa shape index (κ1) is 24.6. The average Bonchev–Trinajstić information content (AvgIpc) is 3.62. The summed E-state index contributed by atoms with van der Waals surface area (Å²) in [5, 5.41) is 5.00. The van der Waals surface area contributed by atoms with Crippen LogP contribution in [0.5, 0.6) is 0 Å². The lowest BCUT2D eigenvalue weighted by Crippen LogP contribution is -1.96. The summed E-state index contributed by atoms with van der Waals surface area (Å²) >= 11 is 0. The molecule has 3 heteroatoms. The number of pyridine rings is 1. The first-order chi connectivity index (χ1) is 21.8. The third kappa shape index (κ3) is 3.73. The normalized spacial score (nSPS) is 11.6. The molecular formula is C41H27N3. The predicted octanol–water partition coefficient (Wildman–Crippen LogP) is 10.6. The SMILES string of the molecule is c1ccc(-c2cccc(-c3cccc(-n4c5ccccc5c5ccc6c(c7ccccc7n6-c6ccccc6)c54)c3)n2)cc1. The highest BCUT2D eigenvalue weighted by Gasteiger charge is 2.20. The molecule has 0 saturated heterocycles. The second-order valence-corrected chi connectivity index (χ2v) is 11.2. The second-order valence-electron chi connectivity index (χ2n) is 11.2. The van der Waals surface area contributed by atoms with E-state index in [0.717, 1.165) is 33.9 Å². The first-order valence-corrected chi connectivity index (χ1v) is 15.0. The van der Waals surface area contributed by atoms with Crippen LogP contribution < -0.4 is 0 Å². The van der Waals surface area contributed by atoms with Crippen molar-refractivity contribution in [1.82, 2.24) is 14.1 Å². The lowest BCUT2D eigenvalue weighted by molar-refractivity contribution is 1.17. The van der Waals surface area contributed by atoms with Crippen LogP contribution in [0.25, 0.3) is 77.5 Å². The summed E-state index contributed by atoms with van der Waals surface area (Å²) in [5.74, 6) is 0. The highest BCUT2D eigenvalue weighted by Crippen LogP contribution is 2.42. The second kappa shape index (κ2) is 9.82. The van der Waals surface area contributed by atoms with E-state index in [4.69, 9.17) is 4.98 Å². The van der Waals surface area contributed by atoms with Gasteiger partial charge in [-0.3, -0.25) is 0 Å². The predicted molar refractivity (Wildman–Crippen MR) is 184 cm³/mol. The molecule has 0 fully saturated rings. The van der Waals surface area contributed by atoms with E-state index < -0.39 is 0 Å². The Kier molecular flexibility index (Phi) is 5.50. The molecule has 0 aliphatic heterocycles. The van der Waals surface area contributed by atoms with Gasteiger partial charge in [0.05, 0.1) is 33.5 Å². The van der Waals surface area contributed by atoms with Gasteiger partial charge in [-0.15, -0.1) is 0 Å². The largest absolute Gasteiger partial charge is 0.309 e. The van der Waals surface area contributed by atoms with Crippen LogP contribution in [-0.4, -0.2) is 14.1 Å². The molecule has 206 valence electrons. The Morgan fingerprint density at radius 1 is 0.364 bits per heavy atom. The number of rotatable bonds is 4. The fourth-order valence-electron chi connectivity index (χ4n) is 6.80. The zero-order valence-corrected chi connectivity index (χ0v) is 23.9. The molecule has 9 rings (SSSR count). The van der Waals surface area contributed by atoms with Gasteiger partial charge in [-0.25, -0.2) is 4.98 Å². The van der Waals surface area contributed by atoms with Crippen molar-refractivity contribution in [2.75, 3.05) is 0 Å². The number of hydrogen-bond acceptors (Lipinski definition) is 1. The molecule has 9 aromatic rings. The molecule has 44 heavy (non-hydrogen) atoms. The van der Waals surface area contributed by atoms with Crippen LogP contribution in [0.3, 0.4) is 0 Å². The van der Waals surface area contributed by atoms with Gasteiger partial charge in [0, 0.05) is 44.0 Å². The number of para-hydroxylation sites is 3. The highest BCUT2D eigenvalue weighted by molar-refractivity contribution is 6.26. The standard InChI is InChI=1S/C41H27N3/c1-3-13-28(14-4-1)35-21-12-22-36(42-35)29-15-11-18-31(27-29)44-37-23-9-7-19-32(37)33-25-26-39-40(41(33)44)34-20-8-10-24-38(34)43(39)30-16-5-2-6-17-30/h1-27H. The van der Waals surface area contributed by atoms with E-state index in [1.54, 1.807) is 0 Å². The maximum atomic E-state index is 5.08. The molecule has 3 aromatic heterocycles. The van der Waals surface area contributed by atoms with Gasteiger partial charge in [0.1, 0.15) is 0 Å². The van der Waals surface area contributed by atoms with Crippen LogP contribution in [0.15, 0.2) is 164 Å². The molecule has 0 unspecified atom stereocenters. The van der Waals surface area contributed by atoms with Crippen LogP contribution >= 0.6 is 0 Å². The topological polar surface area (TPSA) is 22.8 Å². The van der Waals surface area contributed by atoms with Crippen molar-refractivity contribution in [2.45, 2.75) is 0 Å². The van der Waals surface area contributed by atoms with Crippen molar-refractivity contribution in [1.29, 1.82) is 0 Å². The van der Waals surface area contributed by atoms with E-state index in [-0.39, 0.29) is 0 Å². The minimum atomic E-state index is 0.958. The third-order valence-corrected chi connectivity index (χ3v) is 8.70. The van der Waals surface area contributed by atoms with Gasteiger partial charge in [0.25, 0.3) is 0 Å². The van der Waals surface area contributed by atoms with E-state index in [1.165, 1.54) is 43.6 Å². The van der Waals surface area contributed by atoms with Crippen LogP contribution in [0, 0.1) is 0 Å². The Morgan fingerprint density at radius 2 is 0.955 bits per heavy atom. The molecule has 0 saturated carbocycles. The van der Waals surface area contributed by atoms with Crippen LogP contribution in [-0.2, 0) is 0 Å². The smallest absolute Gasteiger partial charge is 0.0710 e. The van der Waals surface area contributed by atoms with Gasteiger partial charge >= 0.3 is 0 Å². The molecule has 0 aliphatic carbocycles. The number of fused-ring (bicyclic) bond motifs is 7. The zero-order valence-electron chi connectivity index (χ0n) is 23.9. The van der Waals surface area contributed by atoms with E-state index in [1.807, 2.05) is 6.07 Å². The first-order valence-electron chi connectivity index (χ1n) is 15.0. The van der Waals surface area contributed by atoms with Crippen LogP contribution in [0.4, 0.5) is 0 Å². The molecule has 0 atom stereocenters. The fraction of sp³-hybridized carbons (Fsp3) is 0. The van der Waals surface area contributed by atoms with Gasteiger partial charge in [0.15, 0.2) is 0 Å². The quantitative estimate of drug-likeness (QED) is 0.210. The summed E-state index contributed by atoms with van der Waals surface area (Å²) in [4.78, 5) is 5.08. The monoisotopic (exact) mass is 561 g/mol. The van der Waals surface area contributed by atoms with Crippen molar-refractivity contribution in [3.8, 4) is 33.9 Å². The summed E-state index contributed by atoms with van der Waals surface area (Å²) in [6.45, 7) is 0. The molecule has 0 bridgehead atoms. The Bertz CT molecular complexity index is 2480. The number of aromatic nitrogens is 3. The Morgan fingerprint density at radius 3 is 1.75 bits per heavy atom. The maximum Gasteiger partial charge on any atom is 0.0710 e. The van der Waals surface area contributed by atoms with E-state index in [0.29, 0.717) is 0 Å². The van der Waals surface area contributed by atoms with Crippen LogP contribution in [0.2, 0.25) is 0 Å². The minimum absolute atomic E-state index is 0.958. The molecule has 0 radical (unpaired) electrons. The Labute approximate surface area is 254 Å². The molecule has 3 heterocycles. The summed E-state index contributed by atoms with van der Waals surface area (Å²) in [7, 11) is 0. The fourth-order valence-corrected chi connectivity index (χ4v) is 6.80. The van der Waals surface area contributed by atoms with Gasteiger partial charge in [0.2, 0.25) is 0 Å². The Hall–Kier alpha value is -5.93. The number of nitrogens with zero attached hydrogens (tertiary/aromatic N) is 3. The summed E-state index contributed by atoms with van der Waals surface area (Å²) in [5.41, 5.74) is 11.2. The van der Waals surface area contributed by atoms with Crippen molar-refractivity contribution < 1.29 is 0 Å². The highest BCUT2D eigenvalue weighted by atomic mass is 15.0. The third-order valence-electron chi connectivity index (χ3n) is 8.70.